The standard InChI is InChI=1S/C11H17ClN2O3/c1-3-4-9(15)11(16)10-8(12)7-13-14(10)5-6-17-2/h7,9,15H,3-6H2,1-2H3. The monoisotopic (exact) mass is 260 g/mol. The van der Waals surface area contributed by atoms with Gasteiger partial charge in [-0.25, -0.2) is 0 Å². The van der Waals surface area contributed by atoms with Gasteiger partial charge in [0.25, 0.3) is 0 Å². The van der Waals surface area contributed by atoms with Crippen LogP contribution in [0.5, 0.6) is 0 Å². The van der Waals surface area contributed by atoms with Crippen molar-refractivity contribution in [3.8, 4) is 0 Å². The third-order valence-corrected chi connectivity index (χ3v) is 2.68. The minimum Gasteiger partial charge on any atom is -0.385 e. The average molecular weight is 261 g/mol. The van der Waals surface area contributed by atoms with Crippen LogP contribution >= 0.6 is 11.6 Å². The highest BCUT2D eigenvalue weighted by atomic mass is 35.5. The molecule has 0 amide bonds. The molecule has 0 bridgehead atoms. The van der Waals surface area contributed by atoms with Crippen molar-refractivity contribution in [1.29, 1.82) is 0 Å². The van der Waals surface area contributed by atoms with Crippen LogP contribution in [0.1, 0.15) is 30.3 Å². The molecule has 0 spiro atoms. The summed E-state index contributed by atoms with van der Waals surface area (Å²) in [5, 5.41) is 13.9. The van der Waals surface area contributed by atoms with Crippen LogP contribution in [-0.2, 0) is 11.3 Å². The zero-order valence-electron chi connectivity index (χ0n) is 10.0. The number of aliphatic hydroxyl groups is 1. The number of aromatic nitrogens is 2. The molecule has 0 aromatic carbocycles. The van der Waals surface area contributed by atoms with E-state index in [9.17, 15) is 9.90 Å². The molecule has 1 N–H and O–H groups in total. The number of methoxy groups -OCH3 is 1. The van der Waals surface area contributed by atoms with Gasteiger partial charge in [0.2, 0.25) is 5.78 Å². The number of aliphatic hydroxyl groups excluding tert-OH is 1. The van der Waals surface area contributed by atoms with Gasteiger partial charge in [-0.1, -0.05) is 24.9 Å². The Bertz CT molecular complexity index is 379. The molecule has 96 valence electrons. The Balaban J connectivity index is 2.87. The highest BCUT2D eigenvalue weighted by Crippen LogP contribution is 2.18. The Labute approximate surface area is 105 Å². The molecule has 1 aromatic heterocycles. The fourth-order valence-electron chi connectivity index (χ4n) is 1.52. The molecule has 0 aliphatic carbocycles. The molecule has 1 rings (SSSR count). The second kappa shape index (κ2) is 6.74. The van der Waals surface area contributed by atoms with Crippen LogP contribution in [0.4, 0.5) is 0 Å². The summed E-state index contributed by atoms with van der Waals surface area (Å²) < 4.78 is 6.39. The van der Waals surface area contributed by atoms with E-state index in [2.05, 4.69) is 5.10 Å². The van der Waals surface area contributed by atoms with E-state index in [1.807, 2.05) is 6.92 Å². The van der Waals surface area contributed by atoms with Gasteiger partial charge in [-0.2, -0.15) is 5.10 Å². The van der Waals surface area contributed by atoms with Crippen molar-refractivity contribution >= 4 is 17.4 Å². The number of ketones is 1. The lowest BCUT2D eigenvalue weighted by atomic mass is 10.1. The number of ether oxygens (including phenoxy) is 1. The second-order valence-corrected chi connectivity index (χ2v) is 4.13. The molecule has 1 aromatic rings. The Kier molecular flexibility index (Phi) is 5.61. The van der Waals surface area contributed by atoms with Gasteiger partial charge in [-0.15, -0.1) is 0 Å². The molecule has 6 heteroatoms. The third-order valence-electron chi connectivity index (χ3n) is 2.40. The van der Waals surface area contributed by atoms with Crippen molar-refractivity contribution in [2.24, 2.45) is 0 Å². The average Bonchev–Trinajstić information content (AvgIpc) is 2.67. The van der Waals surface area contributed by atoms with E-state index in [1.54, 1.807) is 7.11 Å². The van der Waals surface area contributed by atoms with Crippen molar-refractivity contribution < 1.29 is 14.6 Å². The van der Waals surface area contributed by atoms with Crippen LogP contribution in [0.3, 0.4) is 0 Å². The largest absolute Gasteiger partial charge is 0.385 e. The highest BCUT2D eigenvalue weighted by molar-refractivity contribution is 6.33. The molecule has 1 atom stereocenters. The van der Waals surface area contributed by atoms with E-state index in [0.29, 0.717) is 19.6 Å². The van der Waals surface area contributed by atoms with Crippen molar-refractivity contribution in [2.75, 3.05) is 13.7 Å². The molecule has 0 aliphatic heterocycles. The van der Waals surface area contributed by atoms with E-state index >= 15 is 0 Å². The van der Waals surface area contributed by atoms with Crippen LogP contribution in [0.25, 0.3) is 0 Å². The minimum atomic E-state index is -1.02. The van der Waals surface area contributed by atoms with Gasteiger partial charge >= 0.3 is 0 Å². The number of hydrogen-bond acceptors (Lipinski definition) is 4. The lowest BCUT2D eigenvalue weighted by molar-refractivity contribution is 0.0715. The van der Waals surface area contributed by atoms with E-state index < -0.39 is 6.10 Å². The van der Waals surface area contributed by atoms with Crippen molar-refractivity contribution in [2.45, 2.75) is 32.4 Å². The summed E-state index contributed by atoms with van der Waals surface area (Å²) in [6.45, 7) is 2.77. The first kappa shape index (κ1) is 14.2. The molecule has 0 aliphatic rings. The number of nitrogens with zero attached hydrogens (tertiary/aromatic N) is 2. The summed E-state index contributed by atoms with van der Waals surface area (Å²) in [5.74, 6) is -0.384. The summed E-state index contributed by atoms with van der Waals surface area (Å²) in [5.41, 5.74) is 0.254. The van der Waals surface area contributed by atoms with Crippen molar-refractivity contribution in [3.05, 3.63) is 16.9 Å². The van der Waals surface area contributed by atoms with Gasteiger partial charge in [0, 0.05) is 7.11 Å². The van der Waals surface area contributed by atoms with Gasteiger partial charge in [-0.3, -0.25) is 9.48 Å². The summed E-state index contributed by atoms with van der Waals surface area (Å²) in [6.07, 6.45) is 1.54. The Morgan fingerprint density at radius 2 is 2.41 bits per heavy atom. The van der Waals surface area contributed by atoms with Gasteiger partial charge in [-0.05, 0) is 6.42 Å². The Morgan fingerprint density at radius 3 is 3.00 bits per heavy atom. The molecule has 1 unspecified atom stereocenters. The van der Waals surface area contributed by atoms with Crippen LogP contribution in [0.2, 0.25) is 5.02 Å². The van der Waals surface area contributed by atoms with E-state index in [0.717, 1.165) is 6.42 Å². The fourth-order valence-corrected chi connectivity index (χ4v) is 1.75. The normalized spacial score (nSPS) is 12.7. The molecule has 17 heavy (non-hydrogen) atoms. The minimum absolute atomic E-state index is 0.254. The molecule has 5 nitrogen and oxygen atoms in total. The summed E-state index contributed by atoms with van der Waals surface area (Å²) >= 11 is 5.91. The van der Waals surface area contributed by atoms with Crippen LogP contribution in [-0.4, -0.2) is 40.5 Å². The van der Waals surface area contributed by atoms with E-state index in [4.69, 9.17) is 16.3 Å². The number of halogens is 1. The first-order valence-electron chi connectivity index (χ1n) is 5.54. The zero-order valence-corrected chi connectivity index (χ0v) is 10.8. The third kappa shape index (κ3) is 3.52. The lowest BCUT2D eigenvalue weighted by Gasteiger charge is -2.10. The maximum absolute atomic E-state index is 12.0. The first-order valence-corrected chi connectivity index (χ1v) is 5.92. The van der Waals surface area contributed by atoms with Crippen molar-refractivity contribution in [3.63, 3.8) is 0 Å². The predicted octanol–water partition coefficient (Wildman–Crippen LogP) is 1.53. The quantitative estimate of drug-likeness (QED) is 0.755. The SMILES string of the molecule is CCCC(O)C(=O)c1c(Cl)cnn1CCOC. The predicted molar refractivity (Wildman–Crippen MR) is 64.4 cm³/mol. The molecule has 1 heterocycles. The topological polar surface area (TPSA) is 64.3 Å². The van der Waals surface area contributed by atoms with E-state index in [1.165, 1.54) is 10.9 Å². The van der Waals surface area contributed by atoms with Gasteiger partial charge in [0.15, 0.2) is 0 Å². The highest BCUT2D eigenvalue weighted by Gasteiger charge is 2.23. The first-order chi connectivity index (χ1) is 8.11. The summed E-state index contributed by atoms with van der Waals surface area (Å²) in [4.78, 5) is 12.0. The number of rotatable bonds is 7. The van der Waals surface area contributed by atoms with Gasteiger partial charge in [0.05, 0.1) is 24.4 Å². The van der Waals surface area contributed by atoms with Crippen LogP contribution in [0.15, 0.2) is 6.20 Å². The zero-order chi connectivity index (χ0) is 12.8. The van der Waals surface area contributed by atoms with Crippen LogP contribution < -0.4 is 0 Å². The molecule has 0 fully saturated rings. The number of carbonyl (C=O) groups excluding carboxylic acids is 1. The smallest absolute Gasteiger partial charge is 0.210 e. The number of hydrogen-bond donors (Lipinski definition) is 1. The molecular formula is C11H17ClN2O3. The maximum atomic E-state index is 12.0. The maximum Gasteiger partial charge on any atom is 0.210 e. The summed E-state index contributed by atoms with van der Waals surface area (Å²) in [6, 6.07) is 0. The van der Waals surface area contributed by atoms with Gasteiger partial charge in [0.1, 0.15) is 11.8 Å². The molecule has 0 saturated carbocycles. The fraction of sp³-hybridized carbons (Fsp3) is 0.636. The second-order valence-electron chi connectivity index (χ2n) is 3.73. The van der Waals surface area contributed by atoms with Crippen molar-refractivity contribution in [1.82, 2.24) is 9.78 Å². The number of carbonyl (C=O) groups is 1. The Hall–Kier alpha value is -0.910. The molecule has 0 radical (unpaired) electrons. The lowest BCUT2D eigenvalue weighted by Crippen LogP contribution is -2.24. The molecular weight excluding hydrogens is 244 g/mol. The Morgan fingerprint density at radius 1 is 1.71 bits per heavy atom. The number of Topliss-reactive ketones (excluding diaryl/α,β-unsaturated/α-hetero) is 1. The van der Waals surface area contributed by atoms with Gasteiger partial charge < -0.3 is 9.84 Å². The van der Waals surface area contributed by atoms with Crippen LogP contribution in [0, 0.1) is 0 Å². The summed E-state index contributed by atoms with van der Waals surface area (Å²) in [7, 11) is 1.57. The van der Waals surface area contributed by atoms with E-state index in [-0.39, 0.29) is 16.5 Å². The molecule has 0 saturated heterocycles.